The van der Waals surface area contributed by atoms with Gasteiger partial charge >= 0.3 is 0 Å². The first-order valence-corrected chi connectivity index (χ1v) is 10.3. The quantitative estimate of drug-likeness (QED) is 0.775. The monoisotopic (exact) mass is 372 g/mol. The van der Waals surface area contributed by atoms with E-state index in [1.807, 2.05) is 12.1 Å². The third-order valence-electron chi connectivity index (χ3n) is 4.98. The van der Waals surface area contributed by atoms with E-state index < -0.39 is 0 Å². The minimum absolute atomic E-state index is 0.0688. The third kappa shape index (κ3) is 4.38. The Balaban J connectivity index is 1.25. The van der Waals surface area contributed by atoms with E-state index in [0.29, 0.717) is 17.0 Å². The van der Waals surface area contributed by atoms with Crippen LogP contribution >= 0.6 is 11.8 Å². The molecule has 4 rings (SSSR count). The molecule has 7 heteroatoms. The van der Waals surface area contributed by atoms with E-state index in [9.17, 15) is 4.79 Å². The fourth-order valence-electron chi connectivity index (χ4n) is 3.12. The van der Waals surface area contributed by atoms with Crippen LogP contribution in [0.5, 0.6) is 0 Å². The molecule has 6 nitrogen and oxygen atoms in total. The molecule has 1 amide bonds. The Labute approximate surface area is 157 Å². The molecule has 2 aliphatic rings. The van der Waals surface area contributed by atoms with Gasteiger partial charge in [0.25, 0.3) is 5.22 Å². The number of rotatable bonds is 6. The van der Waals surface area contributed by atoms with Crippen molar-refractivity contribution >= 4 is 29.0 Å². The predicted molar refractivity (Wildman–Crippen MR) is 103 cm³/mol. The first-order valence-electron chi connectivity index (χ1n) is 9.28. The molecule has 2 aromatic rings. The standard InChI is InChI=1S/C19H24N4O2S/c1-13-8-10-23(11-9-13)16-6-4-15(5-7-16)20-17(24)12-26-19-22-21-18(25-19)14-2-3-14/h4-7,13-14H,2-3,8-12H2,1H3,(H,20,24). The van der Waals surface area contributed by atoms with Crippen LogP contribution < -0.4 is 10.2 Å². The normalized spacial score (nSPS) is 18.1. The van der Waals surface area contributed by atoms with Crippen LogP contribution in [-0.2, 0) is 4.79 Å². The molecular formula is C19H24N4O2S. The summed E-state index contributed by atoms with van der Waals surface area (Å²) in [6, 6.07) is 8.10. The molecule has 1 aliphatic heterocycles. The number of benzene rings is 1. The lowest BCUT2D eigenvalue weighted by molar-refractivity contribution is -0.113. The number of carbonyl (C=O) groups is 1. The molecule has 1 saturated carbocycles. The van der Waals surface area contributed by atoms with Gasteiger partial charge in [-0.25, -0.2) is 0 Å². The number of nitrogens with one attached hydrogen (secondary N) is 1. The van der Waals surface area contributed by atoms with Gasteiger partial charge in [-0.15, -0.1) is 10.2 Å². The fourth-order valence-corrected chi connectivity index (χ4v) is 3.69. The Morgan fingerprint density at radius 3 is 2.62 bits per heavy atom. The second kappa shape index (κ2) is 7.70. The summed E-state index contributed by atoms with van der Waals surface area (Å²) in [6.07, 6.45) is 4.74. The zero-order chi connectivity index (χ0) is 17.9. The summed E-state index contributed by atoms with van der Waals surface area (Å²) in [5, 5.41) is 11.4. The van der Waals surface area contributed by atoms with Gasteiger partial charge < -0.3 is 14.6 Å². The second-order valence-corrected chi connectivity index (χ2v) is 8.16. The molecule has 1 N–H and O–H groups in total. The average molecular weight is 372 g/mol. The molecule has 26 heavy (non-hydrogen) atoms. The van der Waals surface area contributed by atoms with Crippen LogP contribution in [0.15, 0.2) is 33.9 Å². The van der Waals surface area contributed by atoms with Crippen molar-refractivity contribution in [2.75, 3.05) is 29.1 Å². The van der Waals surface area contributed by atoms with E-state index in [1.54, 1.807) is 0 Å². The van der Waals surface area contributed by atoms with Gasteiger partial charge in [0.1, 0.15) is 0 Å². The zero-order valence-electron chi connectivity index (χ0n) is 15.0. The molecule has 138 valence electrons. The van der Waals surface area contributed by atoms with Crippen LogP contribution in [0.1, 0.15) is 44.4 Å². The van der Waals surface area contributed by atoms with Crippen LogP contribution in [0.3, 0.4) is 0 Å². The van der Waals surface area contributed by atoms with Gasteiger partial charge in [0.2, 0.25) is 11.8 Å². The number of piperidine rings is 1. The van der Waals surface area contributed by atoms with Crippen molar-refractivity contribution in [3.63, 3.8) is 0 Å². The highest BCUT2D eigenvalue weighted by Crippen LogP contribution is 2.39. The topological polar surface area (TPSA) is 71.3 Å². The summed E-state index contributed by atoms with van der Waals surface area (Å²) in [5.74, 6) is 2.16. The van der Waals surface area contributed by atoms with E-state index in [4.69, 9.17) is 4.42 Å². The molecule has 1 saturated heterocycles. The molecule has 1 aromatic heterocycles. The van der Waals surface area contributed by atoms with E-state index in [2.05, 4.69) is 39.5 Å². The van der Waals surface area contributed by atoms with Crippen molar-refractivity contribution in [2.24, 2.45) is 5.92 Å². The van der Waals surface area contributed by atoms with Gasteiger partial charge in [0.15, 0.2) is 0 Å². The molecule has 0 atom stereocenters. The first kappa shape index (κ1) is 17.4. The number of amides is 1. The number of thioether (sulfide) groups is 1. The highest BCUT2D eigenvalue weighted by Gasteiger charge is 2.29. The number of aromatic nitrogens is 2. The number of anilines is 2. The number of hydrogen-bond donors (Lipinski definition) is 1. The molecular weight excluding hydrogens is 348 g/mol. The van der Waals surface area contributed by atoms with Gasteiger partial charge in [0.05, 0.1) is 5.75 Å². The Morgan fingerprint density at radius 1 is 1.19 bits per heavy atom. The molecule has 0 spiro atoms. The van der Waals surface area contributed by atoms with Crippen molar-refractivity contribution in [3.8, 4) is 0 Å². The van der Waals surface area contributed by atoms with E-state index in [-0.39, 0.29) is 11.7 Å². The van der Waals surface area contributed by atoms with Crippen LogP contribution in [0.4, 0.5) is 11.4 Å². The Morgan fingerprint density at radius 2 is 1.92 bits per heavy atom. The summed E-state index contributed by atoms with van der Waals surface area (Å²) in [4.78, 5) is 14.5. The van der Waals surface area contributed by atoms with E-state index in [1.165, 1.54) is 30.3 Å². The lowest BCUT2D eigenvalue weighted by Crippen LogP contribution is -2.32. The van der Waals surface area contributed by atoms with Crippen LogP contribution in [0.2, 0.25) is 0 Å². The maximum Gasteiger partial charge on any atom is 0.277 e. The second-order valence-electron chi connectivity index (χ2n) is 7.23. The summed E-state index contributed by atoms with van der Waals surface area (Å²) >= 11 is 1.28. The minimum Gasteiger partial charge on any atom is -0.416 e. The van der Waals surface area contributed by atoms with Gasteiger partial charge in [-0.05, 0) is 55.9 Å². The lowest BCUT2D eigenvalue weighted by Gasteiger charge is -2.32. The summed E-state index contributed by atoms with van der Waals surface area (Å²) < 4.78 is 5.55. The van der Waals surface area contributed by atoms with Crippen molar-refractivity contribution in [1.82, 2.24) is 10.2 Å². The Kier molecular flexibility index (Phi) is 5.15. The number of hydrogen-bond acceptors (Lipinski definition) is 6. The molecule has 2 heterocycles. The molecule has 1 aliphatic carbocycles. The SMILES string of the molecule is CC1CCN(c2ccc(NC(=O)CSc3nnc(C4CC4)o3)cc2)CC1. The van der Waals surface area contributed by atoms with Crippen LogP contribution in [0, 0.1) is 5.92 Å². The van der Waals surface area contributed by atoms with Gasteiger partial charge in [-0.1, -0.05) is 18.7 Å². The van der Waals surface area contributed by atoms with E-state index >= 15 is 0 Å². The number of nitrogens with zero attached hydrogens (tertiary/aromatic N) is 3. The molecule has 0 radical (unpaired) electrons. The van der Waals surface area contributed by atoms with Crippen LogP contribution in [-0.4, -0.2) is 34.9 Å². The van der Waals surface area contributed by atoms with Crippen LogP contribution in [0.25, 0.3) is 0 Å². The van der Waals surface area contributed by atoms with Crippen molar-refractivity contribution in [2.45, 2.75) is 43.7 Å². The first-order chi connectivity index (χ1) is 12.7. The zero-order valence-corrected chi connectivity index (χ0v) is 15.8. The van der Waals surface area contributed by atoms with Crippen molar-refractivity contribution in [3.05, 3.63) is 30.2 Å². The van der Waals surface area contributed by atoms with Gasteiger partial charge in [-0.3, -0.25) is 4.79 Å². The van der Waals surface area contributed by atoms with Gasteiger partial charge in [0, 0.05) is 30.4 Å². The minimum atomic E-state index is -0.0688. The third-order valence-corrected chi connectivity index (χ3v) is 5.79. The van der Waals surface area contributed by atoms with Gasteiger partial charge in [-0.2, -0.15) is 0 Å². The molecule has 0 unspecified atom stereocenters. The molecule has 0 bridgehead atoms. The maximum atomic E-state index is 12.1. The lowest BCUT2D eigenvalue weighted by atomic mass is 9.99. The highest BCUT2D eigenvalue weighted by atomic mass is 32.2. The molecule has 1 aromatic carbocycles. The van der Waals surface area contributed by atoms with Crippen molar-refractivity contribution < 1.29 is 9.21 Å². The van der Waals surface area contributed by atoms with E-state index in [0.717, 1.165) is 37.5 Å². The molecule has 2 fully saturated rings. The number of carbonyl (C=O) groups excluding carboxylic acids is 1. The fraction of sp³-hybridized carbons (Fsp3) is 0.526. The Bertz CT molecular complexity index is 749. The smallest absolute Gasteiger partial charge is 0.277 e. The summed E-state index contributed by atoms with van der Waals surface area (Å²) in [6.45, 7) is 4.53. The average Bonchev–Trinajstić information content (AvgIpc) is 3.40. The summed E-state index contributed by atoms with van der Waals surface area (Å²) in [5.41, 5.74) is 2.04. The highest BCUT2D eigenvalue weighted by molar-refractivity contribution is 7.99. The largest absolute Gasteiger partial charge is 0.416 e. The Hall–Kier alpha value is -2.02. The predicted octanol–water partition coefficient (Wildman–Crippen LogP) is 3.91. The summed E-state index contributed by atoms with van der Waals surface area (Å²) in [7, 11) is 0. The maximum absolute atomic E-state index is 12.1. The van der Waals surface area contributed by atoms with Crippen molar-refractivity contribution in [1.29, 1.82) is 0 Å².